The highest BCUT2D eigenvalue weighted by atomic mass is 16.3. The van der Waals surface area contributed by atoms with Gasteiger partial charge >= 0.3 is 0 Å². The zero-order valence-corrected chi connectivity index (χ0v) is 9.66. The molecule has 0 saturated carbocycles. The Morgan fingerprint density at radius 3 is 3.00 bits per heavy atom. The van der Waals surface area contributed by atoms with E-state index < -0.39 is 0 Å². The predicted octanol–water partition coefficient (Wildman–Crippen LogP) is 2.81. The van der Waals surface area contributed by atoms with Gasteiger partial charge in [-0.15, -0.1) is 0 Å². The lowest BCUT2D eigenvalue weighted by atomic mass is 10.0. The van der Waals surface area contributed by atoms with Crippen LogP contribution in [0.15, 0.2) is 22.6 Å². The van der Waals surface area contributed by atoms with Crippen molar-refractivity contribution in [2.24, 2.45) is 5.92 Å². The second kappa shape index (κ2) is 3.59. The van der Waals surface area contributed by atoms with Crippen molar-refractivity contribution in [1.29, 1.82) is 0 Å². The van der Waals surface area contributed by atoms with Crippen LogP contribution in [0, 0.1) is 12.8 Å². The van der Waals surface area contributed by atoms with Crippen molar-refractivity contribution < 1.29 is 4.42 Å². The molecule has 84 valence electrons. The van der Waals surface area contributed by atoms with Crippen LogP contribution in [-0.2, 0) is 0 Å². The summed E-state index contributed by atoms with van der Waals surface area (Å²) in [4.78, 5) is 4.62. The Labute approximate surface area is 94.9 Å². The molecule has 1 aliphatic rings. The molecule has 1 N–H and O–H groups in total. The first-order valence-corrected chi connectivity index (χ1v) is 5.85. The number of hydrogen-bond acceptors (Lipinski definition) is 3. The predicted molar refractivity (Wildman–Crippen MR) is 63.3 cm³/mol. The lowest BCUT2D eigenvalue weighted by Gasteiger charge is -2.10. The summed E-state index contributed by atoms with van der Waals surface area (Å²) in [5, 5.41) is 3.45. The molecule has 2 atom stereocenters. The smallest absolute Gasteiger partial charge is 0.212 e. The fourth-order valence-corrected chi connectivity index (χ4v) is 2.40. The van der Waals surface area contributed by atoms with E-state index >= 15 is 0 Å². The molecule has 0 amide bonds. The maximum absolute atomic E-state index is 5.83. The van der Waals surface area contributed by atoms with Crippen LogP contribution >= 0.6 is 0 Å². The van der Waals surface area contributed by atoms with Crippen molar-refractivity contribution in [3.8, 4) is 0 Å². The number of aryl methyl sites for hydroxylation is 1. The van der Waals surface area contributed by atoms with Crippen molar-refractivity contribution in [2.45, 2.75) is 26.3 Å². The summed E-state index contributed by atoms with van der Waals surface area (Å²) in [6.07, 6.45) is 1.20. The summed E-state index contributed by atoms with van der Waals surface area (Å²) in [5.41, 5.74) is 3.08. The van der Waals surface area contributed by atoms with Gasteiger partial charge in [0, 0.05) is 0 Å². The van der Waals surface area contributed by atoms with Crippen molar-refractivity contribution in [2.75, 3.05) is 6.54 Å². The Morgan fingerprint density at radius 2 is 2.31 bits per heavy atom. The van der Waals surface area contributed by atoms with E-state index in [9.17, 15) is 0 Å². The van der Waals surface area contributed by atoms with Gasteiger partial charge in [0.25, 0.3) is 0 Å². The van der Waals surface area contributed by atoms with Gasteiger partial charge in [0.2, 0.25) is 5.89 Å². The van der Waals surface area contributed by atoms with Gasteiger partial charge in [-0.25, -0.2) is 4.98 Å². The molecule has 0 spiro atoms. The summed E-state index contributed by atoms with van der Waals surface area (Å²) in [7, 11) is 0. The molecular weight excluding hydrogens is 200 g/mol. The average Bonchev–Trinajstić information content (AvgIpc) is 2.84. The maximum atomic E-state index is 5.83. The summed E-state index contributed by atoms with van der Waals surface area (Å²) in [5.74, 6) is 1.45. The van der Waals surface area contributed by atoms with Crippen LogP contribution in [0.25, 0.3) is 11.1 Å². The van der Waals surface area contributed by atoms with Crippen LogP contribution in [0.4, 0.5) is 0 Å². The minimum Gasteiger partial charge on any atom is -0.439 e. The third-order valence-electron chi connectivity index (χ3n) is 3.44. The van der Waals surface area contributed by atoms with Crippen molar-refractivity contribution in [1.82, 2.24) is 10.3 Å². The Morgan fingerprint density at radius 1 is 1.44 bits per heavy atom. The molecule has 0 radical (unpaired) electrons. The first-order valence-electron chi connectivity index (χ1n) is 5.85. The molecule has 0 bridgehead atoms. The third-order valence-corrected chi connectivity index (χ3v) is 3.44. The Bertz CT molecular complexity index is 518. The Hall–Kier alpha value is -1.35. The zero-order valence-electron chi connectivity index (χ0n) is 9.66. The Kier molecular flexibility index (Phi) is 2.21. The lowest BCUT2D eigenvalue weighted by Crippen LogP contribution is -2.16. The summed E-state index contributed by atoms with van der Waals surface area (Å²) >= 11 is 0. The third kappa shape index (κ3) is 1.43. The number of rotatable bonds is 1. The van der Waals surface area contributed by atoms with Gasteiger partial charge in [0.15, 0.2) is 5.58 Å². The van der Waals surface area contributed by atoms with E-state index in [2.05, 4.69) is 30.2 Å². The SMILES string of the molecule is Cc1cccc2oc(C3NCCC3C)nc12. The van der Waals surface area contributed by atoms with Gasteiger partial charge in [0.05, 0.1) is 6.04 Å². The highest BCUT2D eigenvalue weighted by Gasteiger charge is 2.28. The quantitative estimate of drug-likeness (QED) is 0.796. The molecule has 1 fully saturated rings. The molecule has 1 aromatic heterocycles. The fraction of sp³-hybridized carbons (Fsp3) is 0.462. The summed E-state index contributed by atoms with van der Waals surface area (Å²) < 4.78 is 5.83. The largest absolute Gasteiger partial charge is 0.439 e. The number of para-hydroxylation sites is 1. The van der Waals surface area contributed by atoms with Crippen molar-refractivity contribution in [3.05, 3.63) is 29.7 Å². The topological polar surface area (TPSA) is 38.1 Å². The van der Waals surface area contributed by atoms with E-state index in [0.717, 1.165) is 23.5 Å². The number of fused-ring (bicyclic) bond motifs is 1. The van der Waals surface area contributed by atoms with Gasteiger partial charge in [-0.3, -0.25) is 0 Å². The molecule has 1 aromatic carbocycles. The number of oxazole rings is 1. The van der Waals surface area contributed by atoms with Gasteiger partial charge in [-0.1, -0.05) is 19.1 Å². The minimum absolute atomic E-state index is 0.284. The average molecular weight is 216 g/mol. The molecular formula is C13H16N2O. The summed E-state index contributed by atoms with van der Waals surface area (Å²) in [6, 6.07) is 6.35. The van der Waals surface area contributed by atoms with Crippen LogP contribution in [0.5, 0.6) is 0 Å². The molecule has 1 saturated heterocycles. The minimum atomic E-state index is 0.284. The van der Waals surface area contributed by atoms with Crippen LogP contribution < -0.4 is 5.32 Å². The molecule has 1 aliphatic heterocycles. The first kappa shape index (κ1) is 9.85. The maximum Gasteiger partial charge on any atom is 0.212 e. The molecule has 0 aliphatic carbocycles. The number of benzene rings is 1. The van der Waals surface area contributed by atoms with Crippen molar-refractivity contribution >= 4 is 11.1 Å². The fourth-order valence-electron chi connectivity index (χ4n) is 2.40. The number of aromatic nitrogens is 1. The van der Waals surface area contributed by atoms with E-state index in [1.807, 2.05) is 12.1 Å². The van der Waals surface area contributed by atoms with E-state index in [-0.39, 0.29) is 6.04 Å². The standard InChI is InChI=1S/C13H16N2O/c1-8-4-3-5-10-11(8)15-13(16-10)12-9(2)6-7-14-12/h3-5,9,12,14H,6-7H2,1-2H3. The number of nitrogens with zero attached hydrogens (tertiary/aromatic N) is 1. The number of hydrogen-bond donors (Lipinski definition) is 1. The van der Waals surface area contributed by atoms with Crippen LogP contribution in [0.2, 0.25) is 0 Å². The van der Waals surface area contributed by atoms with E-state index in [1.165, 1.54) is 12.0 Å². The zero-order chi connectivity index (χ0) is 11.1. The second-order valence-electron chi connectivity index (χ2n) is 4.67. The van der Waals surface area contributed by atoms with Crippen LogP contribution in [-0.4, -0.2) is 11.5 Å². The molecule has 3 rings (SSSR count). The second-order valence-corrected chi connectivity index (χ2v) is 4.67. The van der Waals surface area contributed by atoms with Gasteiger partial charge in [-0.05, 0) is 37.4 Å². The highest BCUT2D eigenvalue weighted by molar-refractivity contribution is 5.76. The molecule has 2 unspecified atom stereocenters. The normalized spacial score (nSPS) is 25.4. The van der Waals surface area contributed by atoms with E-state index in [1.54, 1.807) is 0 Å². The number of nitrogens with one attached hydrogen (secondary N) is 1. The molecule has 3 nitrogen and oxygen atoms in total. The summed E-state index contributed by atoms with van der Waals surface area (Å²) in [6.45, 7) is 5.37. The van der Waals surface area contributed by atoms with Crippen LogP contribution in [0.1, 0.15) is 30.8 Å². The molecule has 3 heteroatoms. The van der Waals surface area contributed by atoms with Crippen LogP contribution in [0.3, 0.4) is 0 Å². The van der Waals surface area contributed by atoms with Gasteiger partial charge in [-0.2, -0.15) is 0 Å². The van der Waals surface area contributed by atoms with Gasteiger partial charge < -0.3 is 9.73 Å². The monoisotopic (exact) mass is 216 g/mol. The lowest BCUT2D eigenvalue weighted by molar-refractivity contribution is 0.394. The molecule has 2 heterocycles. The van der Waals surface area contributed by atoms with Crippen molar-refractivity contribution in [3.63, 3.8) is 0 Å². The molecule has 16 heavy (non-hydrogen) atoms. The Balaban J connectivity index is 2.08. The van der Waals surface area contributed by atoms with Gasteiger partial charge in [0.1, 0.15) is 5.52 Å². The molecule has 2 aromatic rings. The first-order chi connectivity index (χ1) is 7.75. The van der Waals surface area contributed by atoms with E-state index in [0.29, 0.717) is 5.92 Å². The van der Waals surface area contributed by atoms with E-state index in [4.69, 9.17) is 4.42 Å². The highest BCUT2D eigenvalue weighted by Crippen LogP contribution is 2.31.